The number of aromatic nitrogens is 2. The van der Waals surface area contributed by atoms with Crippen LogP contribution in [0.3, 0.4) is 0 Å². The summed E-state index contributed by atoms with van der Waals surface area (Å²) in [6.07, 6.45) is 6.45. The van der Waals surface area contributed by atoms with Crippen LogP contribution in [0, 0.1) is 6.92 Å². The van der Waals surface area contributed by atoms with E-state index < -0.39 is 0 Å². The van der Waals surface area contributed by atoms with E-state index >= 15 is 0 Å². The van der Waals surface area contributed by atoms with Gasteiger partial charge in [-0.3, -0.25) is 4.79 Å². The zero-order chi connectivity index (χ0) is 17.1. The van der Waals surface area contributed by atoms with E-state index in [-0.39, 0.29) is 5.91 Å². The number of thiophene rings is 1. The highest BCUT2D eigenvalue weighted by Crippen LogP contribution is 2.36. The summed E-state index contributed by atoms with van der Waals surface area (Å²) >= 11 is 1.71. The Morgan fingerprint density at radius 1 is 1.21 bits per heavy atom. The molecule has 0 spiro atoms. The van der Waals surface area contributed by atoms with Crippen molar-refractivity contribution in [1.82, 2.24) is 10.2 Å². The van der Waals surface area contributed by atoms with Crippen LogP contribution in [-0.2, 0) is 0 Å². The van der Waals surface area contributed by atoms with Crippen LogP contribution in [0.15, 0.2) is 17.5 Å². The summed E-state index contributed by atoms with van der Waals surface area (Å²) in [7, 11) is 3.78. The summed E-state index contributed by atoms with van der Waals surface area (Å²) in [5.74, 6) is 1.22. The third kappa shape index (κ3) is 3.75. The molecule has 0 saturated heterocycles. The van der Waals surface area contributed by atoms with E-state index in [4.69, 9.17) is 0 Å². The molecule has 0 bridgehead atoms. The Labute approximate surface area is 147 Å². The van der Waals surface area contributed by atoms with E-state index in [1.54, 1.807) is 11.3 Å². The van der Waals surface area contributed by atoms with Gasteiger partial charge in [-0.1, -0.05) is 19.3 Å². The number of hydrogen-bond acceptors (Lipinski definition) is 5. The van der Waals surface area contributed by atoms with Crippen LogP contribution in [0.4, 0.5) is 11.5 Å². The number of anilines is 2. The Balaban J connectivity index is 1.76. The normalized spacial score (nSPS) is 15.3. The minimum Gasteiger partial charge on any atom is -0.360 e. The van der Waals surface area contributed by atoms with Crippen molar-refractivity contribution in [1.29, 1.82) is 0 Å². The first-order valence-corrected chi connectivity index (χ1v) is 9.34. The number of amides is 1. The van der Waals surface area contributed by atoms with E-state index in [1.807, 2.05) is 37.4 Å². The SMILES string of the molecule is Cc1cc(NC(=O)c2csc(C3CCCCC3)c2)c(N(C)C)nn1. The topological polar surface area (TPSA) is 58.1 Å². The molecule has 0 radical (unpaired) electrons. The minimum atomic E-state index is -0.0798. The maximum absolute atomic E-state index is 12.6. The van der Waals surface area contributed by atoms with Crippen LogP contribution >= 0.6 is 11.3 Å². The summed E-state index contributed by atoms with van der Waals surface area (Å²) in [6, 6.07) is 3.92. The fourth-order valence-electron chi connectivity index (χ4n) is 3.17. The molecule has 2 aromatic heterocycles. The molecule has 3 rings (SSSR count). The first kappa shape index (κ1) is 16.9. The van der Waals surface area contributed by atoms with Crippen LogP contribution in [0.5, 0.6) is 0 Å². The van der Waals surface area contributed by atoms with Crippen LogP contribution in [0.25, 0.3) is 0 Å². The molecule has 1 fully saturated rings. The summed E-state index contributed by atoms with van der Waals surface area (Å²) in [6.45, 7) is 1.87. The second kappa shape index (κ2) is 7.30. The van der Waals surface area contributed by atoms with Gasteiger partial charge in [-0.2, -0.15) is 5.10 Å². The van der Waals surface area contributed by atoms with Gasteiger partial charge in [0.25, 0.3) is 5.91 Å². The lowest BCUT2D eigenvalue weighted by Gasteiger charge is -2.19. The van der Waals surface area contributed by atoms with Gasteiger partial charge in [0.2, 0.25) is 0 Å². The van der Waals surface area contributed by atoms with Crippen molar-refractivity contribution in [2.45, 2.75) is 44.9 Å². The fourth-order valence-corrected chi connectivity index (χ4v) is 4.23. The van der Waals surface area contributed by atoms with Gasteiger partial charge in [-0.05, 0) is 37.8 Å². The third-order valence-electron chi connectivity index (χ3n) is 4.46. The molecule has 128 valence electrons. The third-order valence-corrected chi connectivity index (χ3v) is 5.55. The standard InChI is InChI=1S/C18H24N4OS/c1-12-9-15(17(21-20-12)22(2)3)19-18(23)14-10-16(24-11-14)13-7-5-4-6-8-13/h9-11,13H,4-8H2,1-3H3,(H,19,20,23). The first-order valence-electron chi connectivity index (χ1n) is 8.46. The van der Waals surface area contributed by atoms with Crippen molar-refractivity contribution in [2.75, 3.05) is 24.3 Å². The molecule has 1 saturated carbocycles. The van der Waals surface area contributed by atoms with Crippen molar-refractivity contribution in [3.63, 3.8) is 0 Å². The average molecular weight is 344 g/mol. The lowest BCUT2D eigenvalue weighted by molar-refractivity contribution is 0.102. The maximum atomic E-state index is 12.6. The Morgan fingerprint density at radius 2 is 1.96 bits per heavy atom. The summed E-state index contributed by atoms with van der Waals surface area (Å²) < 4.78 is 0. The van der Waals surface area contributed by atoms with Gasteiger partial charge in [0, 0.05) is 24.4 Å². The Bertz CT molecular complexity index is 720. The van der Waals surface area contributed by atoms with Gasteiger partial charge in [-0.15, -0.1) is 16.4 Å². The molecule has 0 unspecified atom stereocenters. The van der Waals surface area contributed by atoms with Crippen LogP contribution in [0.1, 0.15) is 59.0 Å². The number of nitrogens with one attached hydrogen (secondary N) is 1. The van der Waals surface area contributed by atoms with E-state index in [9.17, 15) is 4.79 Å². The molecule has 2 aromatic rings. The molecule has 1 aliphatic rings. The van der Waals surface area contributed by atoms with Gasteiger partial charge in [0.15, 0.2) is 5.82 Å². The lowest BCUT2D eigenvalue weighted by atomic mass is 9.88. The molecule has 5 nitrogen and oxygen atoms in total. The van der Waals surface area contributed by atoms with Crippen LogP contribution in [-0.4, -0.2) is 30.2 Å². The molecule has 6 heteroatoms. The number of carbonyl (C=O) groups excluding carboxylic acids is 1. The summed E-state index contributed by atoms with van der Waals surface area (Å²) in [5.41, 5.74) is 2.21. The summed E-state index contributed by atoms with van der Waals surface area (Å²) in [4.78, 5) is 15.8. The molecular weight excluding hydrogens is 320 g/mol. The molecule has 2 heterocycles. The number of rotatable bonds is 4. The Hall–Kier alpha value is -1.95. The predicted molar refractivity (Wildman–Crippen MR) is 99.2 cm³/mol. The zero-order valence-corrected chi connectivity index (χ0v) is 15.3. The highest BCUT2D eigenvalue weighted by molar-refractivity contribution is 7.10. The van der Waals surface area contributed by atoms with E-state index in [1.165, 1.54) is 37.0 Å². The van der Waals surface area contributed by atoms with E-state index in [0.717, 1.165) is 11.3 Å². The number of aryl methyl sites for hydroxylation is 1. The van der Waals surface area contributed by atoms with Crippen molar-refractivity contribution >= 4 is 28.7 Å². The quantitative estimate of drug-likeness (QED) is 0.902. The monoisotopic (exact) mass is 344 g/mol. The van der Waals surface area contributed by atoms with Crippen molar-refractivity contribution in [2.24, 2.45) is 0 Å². The largest absolute Gasteiger partial charge is 0.360 e. The predicted octanol–water partition coefficient (Wildman–Crippen LogP) is 4.21. The number of carbonyl (C=O) groups is 1. The Morgan fingerprint density at radius 3 is 2.67 bits per heavy atom. The minimum absolute atomic E-state index is 0.0798. The first-order chi connectivity index (χ1) is 11.5. The van der Waals surface area contributed by atoms with Gasteiger partial charge < -0.3 is 10.2 Å². The fraction of sp³-hybridized carbons (Fsp3) is 0.500. The molecular formula is C18H24N4OS. The number of hydrogen-bond donors (Lipinski definition) is 1. The van der Waals surface area contributed by atoms with E-state index in [0.29, 0.717) is 17.4 Å². The molecule has 1 amide bonds. The highest BCUT2D eigenvalue weighted by atomic mass is 32.1. The molecule has 0 aromatic carbocycles. The smallest absolute Gasteiger partial charge is 0.256 e. The molecule has 24 heavy (non-hydrogen) atoms. The van der Waals surface area contributed by atoms with Gasteiger partial charge in [0.05, 0.1) is 16.9 Å². The van der Waals surface area contributed by atoms with Gasteiger partial charge >= 0.3 is 0 Å². The van der Waals surface area contributed by atoms with Crippen molar-refractivity contribution in [3.05, 3.63) is 33.6 Å². The van der Waals surface area contributed by atoms with Crippen LogP contribution in [0.2, 0.25) is 0 Å². The summed E-state index contributed by atoms with van der Waals surface area (Å²) in [5, 5.41) is 13.2. The Kier molecular flexibility index (Phi) is 5.14. The number of nitrogens with zero attached hydrogens (tertiary/aromatic N) is 3. The zero-order valence-electron chi connectivity index (χ0n) is 14.5. The van der Waals surface area contributed by atoms with Crippen molar-refractivity contribution in [3.8, 4) is 0 Å². The molecule has 0 atom stereocenters. The van der Waals surface area contributed by atoms with Crippen LogP contribution < -0.4 is 10.2 Å². The molecule has 0 aliphatic heterocycles. The van der Waals surface area contributed by atoms with Gasteiger partial charge in [-0.25, -0.2) is 0 Å². The maximum Gasteiger partial charge on any atom is 0.256 e. The van der Waals surface area contributed by atoms with Crippen molar-refractivity contribution < 1.29 is 4.79 Å². The molecule has 1 N–H and O–H groups in total. The van der Waals surface area contributed by atoms with E-state index in [2.05, 4.69) is 21.6 Å². The molecule has 1 aliphatic carbocycles. The highest BCUT2D eigenvalue weighted by Gasteiger charge is 2.19. The lowest BCUT2D eigenvalue weighted by Crippen LogP contribution is -2.18. The second-order valence-corrected chi connectivity index (χ2v) is 7.59. The average Bonchev–Trinajstić information content (AvgIpc) is 3.05. The van der Waals surface area contributed by atoms with Gasteiger partial charge in [0.1, 0.15) is 0 Å². The second-order valence-electron chi connectivity index (χ2n) is 6.64.